The van der Waals surface area contributed by atoms with Crippen molar-refractivity contribution in [3.8, 4) is 0 Å². The van der Waals surface area contributed by atoms with Crippen LogP contribution in [-0.4, -0.2) is 165 Å². The Morgan fingerprint density at radius 3 is 1.80 bits per heavy atom. The Balaban J connectivity index is 1.39. The number of aliphatic hydroxyl groups is 1. The molecule has 18 heteroatoms. The zero-order chi connectivity index (χ0) is 44.5. The number of nitrogens with zero attached hydrogens (tertiary/aromatic N) is 3. The largest absolute Gasteiger partial charge is 0.480 e. The minimum absolute atomic E-state index is 0.000264. The molecule has 7 N–H and O–H groups in total. The predicted molar refractivity (Wildman–Crippen MR) is 215 cm³/mol. The van der Waals surface area contributed by atoms with Gasteiger partial charge in [0.2, 0.25) is 5.91 Å². The van der Waals surface area contributed by atoms with E-state index in [1.807, 2.05) is 0 Å². The first-order valence-electron chi connectivity index (χ1n) is 21.5. The number of amides is 1. The lowest BCUT2D eigenvalue weighted by atomic mass is 9.43. The number of carbonyl (C=O) groups is 7. The van der Waals surface area contributed by atoms with E-state index in [0.717, 1.165) is 67.6 Å². The highest BCUT2D eigenvalue weighted by molar-refractivity contribution is 5.79. The van der Waals surface area contributed by atoms with Crippen molar-refractivity contribution in [3.05, 3.63) is 0 Å². The standard InChI is InChI=1S/C42H68N4O14/c1-25(5-12-39(57)60-4)29-8-9-30-28-7-6-26-19-27(13-14-41(26,2)31(28)20-33(47)42(29,30)3)43-34(48)11-10-32(40(58)59)46(17-15-44(21-35(49)50)22-36(51)52)18-16-45(23-37(53)54)24-38(55)56/h25-33,47H,5-24H2,1-4H3,(H,43,48)(H,49,50)(H,51,52)(H,53,54)(H,55,56)(H,58,59)/t25?,26?,27-,28?,29+,30?,31?,32+,33-,41-,42+/m0/s1. The van der Waals surface area contributed by atoms with Crippen molar-refractivity contribution in [2.24, 2.45) is 46.3 Å². The van der Waals surface area contributed by atoms with Gasteiger partial charge in [-0.25, -0.2) is 0 Å². The number of hydrogen-bond donors (Lipinski definition) is 7. The monoisotopic (exact) mass is 852 g/mol. The normalized spacial score (nSPS) is 30.8. The maximum Gasteiger partial charge on any atom is 0.320 e. The molecule has 18 nitrogen and oxygen atoms in total. The summed E-state index contributed by atoms with van der Waals surface area (Å²) in [6.07, 6.45) is 7.70. The van der Waals surface area contributed by atoms with Gasteiger partial charge in [-0.1, -0.05) is 20.8 Å². The Kier molecular flexibility index (Phi) is 17.3. The van der Waals surface area contributed by atoms with Gasteiger partial charge in [0.1, 0.15) is 6.04 Å². The number of aliphatic carboxylic acids is 5. The molecule has 0 aromatic carbocycles. The number of fused-ring (bicyclic) bond motifs is 5. The Labute approximate surface area is 352 Å². The third kappa shape index (κ3) is 12.2. The molecule has 11 atom stereocenters. The molecular formula is C42H68N4O14. The van der Waals surface area contributed by atoms with Crippen LogP contribution in [0.5, 0.6) is 0 Å². The molecule has 5 unspecified atom stereocenters. The number of carboxylic acids is 5. The van der Waals surface area contributed by atoms with Crippen LogP contribution in [0.15, 0.2) is 0 Å². The first-order valence-corrected chi connectivity index (χ1v) is 21.5. The van der Waals surface area contributed by atoms with Gasteiger partial charge in [0, 0.05) is 45.1 Å². The lowest BCUT2D eigenvalue weighted by molar-refractivity contribution is -0.170. The van der Waals surface area contributed by atoms with Gasteiger partial charge in [0.25, 0.3) is 0 Å². The number of ether oxygens (including phenoxy) is 1. The fraction of sp³-hybridized carbons (Fsp3) is 0.833. The van der Waals surface area contributed by atoms with Crippen LogP contribution in [0.2, 0.25) is 0 Å². The number of esters is 1. The molecule has 60 heavy (non-hydrogen) atoms. The zero-order valence-electron chi connectivity index (χ0n) is 35.6. The van der Waals surface area contributed by atoms with Crippen LogP contribution in [0.1, 0.15) is 97.8 Å². The van der Waals surface area contributed by atoms with Crippen molar-refractivity contribution in [2.75, 3.05) is 59.5 Å². The smallest absolute Gasteiger partial charge is 0.320 e. The second-order valence-corrected chi connectivity index (χ2v) is 18.5. The average Bonchev–Trinajstić information content (AvgIpc) is 3.52. The summed E-state index contributed by atoms with van der Waals surface area (Å²) in [6, 6.07) is -1.42. The first kappa shape index (κ1) is 48.8. The third-order valence-corrected chi connectivity index (χ3v) is 15.1. The van der Waals surface area contributed by atoms with E-state index in [1.54, 1.807) is 0 Å². The predicted octanol–water partition coefficient (Wildman–Crippen LogP) is 2.17. The quantitative estimate of drug-likeness (QED) is 0.0686. The van der Waals surface area contributed by atoms with E-state index in [4.69, 9.17) is 4.74 Å². The molecule has 4 aliphatic rings. The molecule has 0 aromatic rings. The van der Waals surface area contributed by atoms with Crippen LogP contribution in [0, 0.1) is 46.3 Å². The van der Waals surface area contributed by atoms with Gasteiger partial charge >= 0.3 is 35.8 Å². The summed E-state index contributed by atoms with van der Waals surface area (Å²) in [7, 11) is 1.41. The fourth-order valence-electron chi connectivity index (χ4n) is 12.1. The van der Waals surface area contributed by atoms with Crippen LogP contribution in [0.4, 0.5) is 0 Å². The van der Waals surface area contributed by atoms with E-state index in [-0.39, 0.29) is 67.8 Å². The number of carboxylic acid groups (broad SMARTS) is 5. The van der Waals surface area contributed by atoms with Gasteiger partial charge in [-0.2, -0.15) is 0 Å². The van der Waals surface area contributed by atoms with Crippen LogP contribution in [0.3, 0.4) is 0 Å². The Bertz CT molecular complexity index is 1490. The lowest BCUT2D eigenvalue weighted by Gasteiger charge is -2.62. The molecule has 4 aliphatic carbocycles. The average molecular weight is 853 g/mol. The Morgan fingerprint density at radius 1 is 0.717 bits per heavy atom. The maximum atomic E-state index is 13.5. The van der Waals surface area contributed by atoms with Crippen LogP contribution >= 0.6 is 0 Å². The van der Waals surface area contributed by atoms with Crippen molar-refractivity contribution < 1.29 is 68.9 Å². The summed E-state index contributed by atoms with van der Waals surface area (Å²) < 4.78 is 4.89. The van der Waals surface area contributed by atoms with E-state index in [2.05, 4.69) is 26.1 Å². The van der Waals surface area contributed by atoms with Crippen molar-refractivity contribution in [3.63, 3.8) is 0 Å². The number of hydrogen-bond acceptors (Lipinski definition) is 12. The van der Waals surface area contributed by atoms with E-state index in [9.17, 15) is 64.2 Å². The highest BCUT2D eigenvalue weighted by Crippen LogP contribution is 2.68. The van der Waals surface area contributed by atoms with Crippen molar-refractivity contribution in [2.45, 2.75) is 116 Å². The number of aliphatic hydroxyl groups excluding tert-OH is 1. The second kappa shape index (κ2) is 21.3. The van der Waals surface area contributed by atoms with Crippen molar-refractivity contribution >= 4 is 41.7 Å². The summed E-state index contributed by atoms with van der Waals surface area (Å²) in [5.41, 5.74) is -0.207. The third-order valence-electron chi connectivity index (χ3n) is 15.1. The number of carbonyl (C=O) groups excluding carboxylic acids is 2. The highest BCUT2D eigenvalue weighted by Gasteiger charge is 2.63. The Morgan fingerprint density at radius 2 is 1.28 bits per heavy atom. The van der Waals surface area contributed by atoms with Crippen molar-refractivity contribution in [1.29, 1.82) is 0 Å². The van der Waals surface area contributed by atoms with E-state index in [0.29, 0.717) is 41.9 Å². The van der Waals surface area contributed by atoms with E-state index >= 15 is 0 Å². The number of nitrogens with one attached hydrogen (secondary N) is 1. The summed E-state index contributed by atoms with van der Waals surface area (Å²) in [6.45, 7) is 3.67. The second-order valence-electron chi connectivity index (χ2n) is 18.5. The minimum Gasteiger partial charge on any atom is -0.480 e. The van der Waals surface area contributed by atoms with Gasteiger partial charge < -0.3 is 40.7 Å². The molecule has 0 spiro atoms. The first-order chi connectivity index (χ1) is 28.2. The molecule has 4 saturated carbocycles. The van der Waals surface area contributed by atoms with Gasteiger partial charge in [0.05, 0.1) is 39.4 Å². The van der Waals surface area contributed by atoms with Crippen molar-refractivity contribution in [1.82, 2.24) is 20.0 Å². The number of rotatable bonds is 24. The molecule has 0 aliphatic heterocycles. The molecule has 0 saturated heterocycles. The molecule has 0 bridgehead atoms. The van der Waals surface area contributed by atoms with E-state index < -0.39 is 68.2 Å². The maximum absolute atomic E-state index is 13.5. The van der Waals surface area contributed by atoms with Crippen LogP contribution < -0.4 is 5.32 Å². The van der Waals surface area contributed by atoms with Gasteiger partial charge in [-0.05, 0) is 111 Å². The highest BCUT2D eigenvalue weighted by atomic mass is 16.5. The summed E-state index contributed by atoms with van der Waals surface area (Å²) in [5, 5.41) is 62.6. The molecule has 0 heterocycles. The van der Waals surface area contributed by atoms with Gasteiger partial charge in [-0.3, -0.25) is 48.3 Å². The zero-order valence-corrected chi connectivity index (χ0v) is 35.6. The van der Waals surface area contributed by atoms with E-state index in [1.165, 1.54) is 12.0 Å². The summed E-state index contributed by atoms with van der Waals surface area (Å²) in [5.74, 6) is -4.77. The molecule has 4 fully saturated rings. The topological polar surface area (TPSA) is 272 Å². The summed E-state index contributed by atoms with van der Waals surface area (Å²) in [4.78, 5) is 87.3. The lowest BCUT2D eigenvalue weighted by Crippen LogP contribution is -2.59. The minimum atomic E-state index is -1.30. The Hall–Kier alpha value is -3.87. The molecular weight excluding hydrogens is 784 g/mol. The van der Waals surface area contributed by atoms with Gasteiger partial charge in [0.15, 0.2) is 0 Å². The fourth-order valence-corrected chi connectivity index (χ4v) is 12.1. The molecule has 4 rings (SSSR count). The molecule has 340 valence electrons. The van der Waals surface area contributed by atoms with Crippen LogP contribution in [-0.2, 0) is 38.3 Å². The molecule has 0 aromatic heterocycles. The molecule has 0 radical (unpaired) electrons. The SMILES string of the molecule is COC(=O)CCC(C)[C@H]1CCC2C3CCC4C[C@@H](NC(=O)CC[C@H](C(=O)O)N(CCN(CC(=O)O)CC(=O)O)CCN(CC(=O)O)CC(=O)O)CC[C@]4(C)C3C[C@H](O)[C@@]21C. The van der Waals surface area contributed by atoms with Crippen LogP contribution in [0.25, 0.3) is 0 Å². The number of methoxy groups -OCH3 is 1. The van der Waals surface area contributed by atoms with Gasteiger partial charge in [-0.15, -0.1) is 0 Å². The summed E-state index contributed by atoms with van der Waals surface area (Å²) >= 11 is 0. The molecule has 1 amide bonds.